The van der Waals surface area contributed by atoms with Crippen LogP contribution in [0.3, 0.4) is 0 Å². The van der Waals surface area contributed by atoms with E-state index in [1.165, 1.54) is 0 Å². The predicted molar refractivity (Wildman–Crippen MR) is 103 cm³/mol. The van der Waals surface area contributed by atoms with Gasteiger partial charge in [-0.3, -0.25) is 19.2 Å². The lowest BCUT2D eigenvalue weighted by Crippen LogP contribution is -2.54. The second kappa shape index (κ2) is 12.0. The van der Waals surface area contributed by atoms with Gasteiger partial charge in [-0.1, -0.05) is 20.3 Å². The molecule has 4 atom stereocenters. The lowest BCUT2D eigenvalue weighted by atomic mass is 9.99. The van der Waals surface area contributed by atoms with Crippen molar-refractivity contribution in [2.75, 3.05) is 13.1 Å². The fraction of sp³-hybridized carbons (Fsp3) is 0.722. The lowest BCUT2D eigenvalue weighted by Gasteiger charge is -2.22. The van der Waals surface area contributed by atoms with Gasteiger partial charge in [0.1, 0.15) is 12.1 Å². The number of aliphatic carboxylic acids is 1. The van der Waals surface area contributed by atoms with Crippen molar-refractivity contribution in [2.45, 2.75) is 64.1 Å². The summed E-state index contributed by atoms with van der Waals surface area (Å²) in [4.78, 5) is 59.1. The minimum absolute atomic E-state index is 0.00807. The second-order valence-electron chi connectivity index (χ2n) is 7.20. The van der Waals surface area contributed by atoms with Gasteiger partial charge in [-0.15, -0.1) is 0 Å². The standard InChI is InChI=1S/C18H31N5O6/c1-3-10(2)15(18(28)29)23-14(25)9-21-16(26)12(6-7-13(19)24)22-17(27)11-5-4-8-20-11/h10-12,15,20H,3-9H2,1-2H3,(H2,19,24)(H,21,26)(H,22,27)(H,23,25)(H,28,29). The molecule has 29 heavy (non-hydrogen) atoms. The Bertz CT molecular complexity index is 620. The monoisotopic (exact) mass is 413 g/mol. The summed E-state index contributed by atoms with van der Waals surface area (Å²) in [5, 5.41) is 19.5. The minimum atomic E-state index is -1.16. The van der Waals surface area contributed by atoms with Crippen LogP contribution >= 0.6 is 0 Å². The van der Waals surface area contributed by atoms with E-state index in [4.69, 9.17) is 5.73 Å². The van der Waals surface area contributed by atoms with E-state index >= 15 is 0 Å². The summed E-state index contributed by atoms with van der Waals surface area (Å²) in [6.45, 7) is 3.75. The molecular weight excluding hydrogens is 382 g/mol. The molecule has 1 saturated heterocycles. The Kier molecular flexibility index (Phi) is 10.1. The van der Waals surface area contributed by atoms with Crippen LogP contribution in [0.1, 0.15) is 46.0 Å². The number of carboxylic acid groups (broad SMARTS) is 1. The summed E-state index contributed by atoms with van der Waals surface area (Å²) in [6, 6.07) is -2.51. The fourth-order valence-corrected chi connectivity index (χ4v) is 2.93. The lowest BCUT2D eigenvalue weighted by molar-refractivity contribution is -0.143. The Morgan fingerprint density at radius 3 is 2.41 bits per heavy atom. The third-order valence-corrected chi connectivity index (χ3v) is 4.91. The molecule has 11 nitrogen and oxygen atoms in total. The van der Waals surface area contributed by atoms with Crippen molar-refractivity contribution in [2.24, 2.45) is 11.7 Å². The molecule has 1 aliphatic heterocycles. The number of carbonyl (C=O) groups is 5. The Morgan fingerprint density at radius 1 is 1.21 bits per heavy atom. The molecule has 0 saturated carbocycles. The zero-order chi connectivity index (χ0) is 22.0. The number of amides is 4. The number of hydrogen-bond acceptors (Lipinski definition) is 6. The van der Waals surface area contributed by atoms with Gasteiger partial charge in [0.25, 0.3) is 0 Å². The molecule has 7 N–H and O–H groups in total. The number of nitrogens with one attached hydrogen (secondary N) is 4. The van der Waals surface area contributed by atoms with Crippen molar-refractivity contribution < 1.29 is 29.1 Å². The molecule has 0 spiro atoms. The normalized spacial score (nSPS) is 18.9. The number of carbonyl (C=O) groups excluding carboxylic acids is 4. The molecule has 0 aromatic carbocycles. The average molecular weight is 413 g/mol. The van der Waals surface area contributed by atoms with E-state index in [2.05, 4.69) is 21.3 Å². The van der Waals surface area contributed by atoms with E-state index in [9.17, 15) is 29.1 Å². The Balaban J connectivity index is 2.63. The van der Waals surface area contributed by atoms with Crippen LogP contribution in [0, 0.1) is 5.92 Å². The summed E-state index contributed by atoms with van der Waals surface area (Å²) in [6.07, 6.45) is 1.92. The number of nitrogens with two attached hydrogens (primary N) is 1. The van der Waals surface area contributed by atoms with Gasteiger partial charge in [-0.05, 0) is 31.7 Å². The van der Waals surface area contributed by atoms with Crippen molar-refractivity contribution >= 4 is 29.6 Å². The summed E-state index contributed by atoms with van der Waals surface area (Å²) >= 11 is 0. The highest BCUT2D eigenvalue weighted by Gasteiger charge is 2.29. The third kappa shape index (κ3) is 8.46. The van der Waals surface area contributed by atoms with E-state index in [1.807, 2.05) is 0 Å². The van der Waals surface area contributed by atoms with Gasteiger partial charge in [0.15, 0.2) is 0 Å². The Hall–Kier alpha value is -2.69. The topological polar surface area (TPSA) is 180 Å². The number of carboxylic acids is 1. The van der Waals surface area contributed by atoms with Crippen LogP contribution in [0.2, 0.25) is 0 Å². The first-order chi connectivity index (χ1) is 13.6. The van der Waals surface area contributed by atoms with Crippen molar-refractivity contribution in [3.63, 3.8) is 0 Å². The van der Waals surface area contributed by atoms with Gasteiger partial charge < -0.3 is 32.1 Å². The second-order valence-corrected chi connectivity index (χ2v) is 7.20. The molecule has 1 fully saturated rings. The molecule has 164 valence electrons. The van der Waals surface area contributed by atoms with Crippen molar-refractivity contribution in [1.82, 2.24) is 21.3 Å². The zero-order valence-corrected chi connectivity index (χ0v) is 16.8. The Morgan fingerprint density at radius 2 is 1.90 bits per heavy atom. The molecule has 4 amide bonds. The van der Waals surface area contributed by atoms with Crippen molar-refractivity contribution in [1.29, 1.82) is 0 Å². The van der Waals surface area contributed by atoms with E-state index in [0.717, 1.165) is 6.42 Å². The van der Waals surface area contributed by atoms with Gasteiger partial charge in [-0.25, -0.2) is 4.79 Å². The quantitative estimate of drug-likeness (QED) is 0.219. The first-order valence-electron chi connectivity index (χ1n) is 9.77. The minimum Gasteiger partial charge on any atom is -0.480 e. The molecule has 0 aliphatic carbocycles. The maximum absolute atomic E-state index is 12.4. The molecule has 1 aliphatic rings. The van der Waals surface area contributed by atoms with E-state index in [-0.39, 0.29) is 24.7 Å². The highest BCUT2D eigenvalue weighted by atomic mass is 16.4. The van der Waals surface area contributed by atoms with Crippen LogP contribution in [0.5, 0.6) is 0 Å². The van der Waals surface area contributed by atoms with Crippen LogP contribution in [0.25, 0.3) is 0 Å². The highest BCUT2D eigenvalue weighted by Crippen LogP contribution is 2.08. The summed E-state index contributed by atoms with van der Waals surface area (Å²) < 4.78 is 0. The Labute approximate surface area is 169 Å². The largest absolute Gasteiger partial charge is 0.480 e. The average Bonchev–Trinajstić information content (AvgIpc) is 3.21. The summed E-state index contributed by atoms with van der Waals surface area (Å²) in [5.41, 5.74) is 5.13. The van der Waals surface area contributed by atoms with Gasteiger partial charge in [0, 0.05) is 6.42 Å². The van der Waals surface area contributed by atoms with Crippen molar-refractivity contribution in [3.05, 3.63) is 0 Å². The number of hydrogen-bond donors (Lipinski definition) is 6. The van der Waals surface area contributed by atoms with Crippen LogP contribution in [-0.4, -0.2) is 65.9 Å². The first-order valence-corrected chi connectivity index (χ1v) is 9.77. The highest BCUT2D eigenvalue weighted by molar-refractivity contribution is 5.93. The molecule has 0 aromatic heterocycles. The molecule has 11 heteroatoms. The van der Waals surface area contributed by atoms with Gasteiger partial charge in [-0.2, -0.15) is 0 Å². The van der Waals surface area contributed by atoms with Crippen LogP contribution in [-0.2, 0) is 24.0 Å². The molecule has 0 radical (unpaired) electrons. The molecule has 1 rings (SSSR count). The van der Waals surface area contributed by atoms with Crippen LogP contribution in [0.4, 0.5) is 0 Å². The van der Waals surface area contributed by atoms with E-state index in [0.29, 0.717) is 19.4 Å². The van der Waals surface area contributed by atoms with Crippen LogP contribution in [0.15, 0.2) is 0 Å². The molecule has 1 heterocycles. The number of primary amides is 1. The van der Waals surface area contributed by atoms with Crippen LogP contribution < -0.4 is 27.0 Å². The van der Waals surface area contributed by atoms with Gasteiger partial charge in [0.2, 0.25) is 23.6 Å². The number of rotatable bonds is 12. The first kappa shape index (κ1) is 24.3. The summed E-state index contributed by atoms with van der Waals surface area (Å²) in [7, 11) is 0. The van der Waals surface area contributed by atoms with Crippen molar-refractivity contribution in [3.8, 4) is 0 Å². The zero-order valence-electron chi connectivity index (χ0n) is 16.8. The van der Waals surface area contributed by atoms with Gasteiger partial charge in [0.05, 0.1) is 12.6 Å². The molecule has 0 bridgehead atoms. The molecular formula is C18H31N5O6. The fourth-order valence-electron chi connectivity index (χ4n) is 2.93. The van der Waals surface area contributed by atoms with E-state index < -0.39 is 48.4 Å². The van der Waals surface area contributed by atoms with E-state index in [1.54, 1.807) is 13.8 Å². The molecule has 4 unspecified atom stereocenters. The summed E-state index contributed by atoms with van der Waals surface area (Å²) in [5.74, 6) is -3.74. The van der Waals surface area contributed by atoms with Gasteiger partial charge >= 0.3 is 5.97 Å². The SMILES string of the molecule is CCC(C)C(NC(=O)CNC(=O)C(CCC(N)=O)NC(=O)C1CCCN1)C(=O)O. The predicted octanol–water partition coefficient (Wildman–Crippen LogP) is -1.78. The maximum atomic E-state index is 12.4. The third-order valence-electron chi connectivity index (χ3n) is 4.91. The maximum Gasteiger partial charge on any atom is 0.326 e. The smallest absolute Gasteiger partial charge is 0.326 e. The molecule has 0 aromatic rings.